The minimum Gasteiger partial charge on any atom is -0.347 e. The lowest BCUT2D eigenvalue weighted by Gasteiger charge is -2.16. The smallest absolute Gasteiger partial charge is 0.252 e. The van der Waals surface area contributed by atoms with E-state index >= 15 is 0 Å². The standard InChI is InChI=1S/C22H31N3O3S2/c1-2-3-4-8-14-23-19-13-15-25(17-19)30(27,28)21-12-11-20(29-21)16-24-22(26)18-9-6-5-7-10-18/h5-7,9-12,19,23H,2-4,8,13-17H2,1H3,(H,24,26). The molecule has 1 aromatic carbocycles. The molecule has 2 heterocycles. The number of carbonyl (C=O) groups is 1. The Balaban J connectivity index is 1.50. The summed E-state index contributed by atoms with van der Waals surface area (Å²) in [6.07, 6.45) is 5.67. The number of hydrogen-bond acceptors (Lipinski definition) is 5. The van der Waals surface area contributed by atoms with Crippen molar-refractivity contribution >= 4 is 27.3 Å². The maximum Gasteiger partial charge on any atom is 0.252 e. The monoisotopic (exact) mass is 449 g/mol. The van der Waals surface area contributed by atoms with Crippen LogP contribution in [0, 0.1) is 0 Å². The maximum absolute atomic E-state index is 13.0. The number of unbranched alkanes of at least 4 members (excludes halogenated alkanes) is 3. The molecule has 2 aromatic rings. The molecule has 2 N–H and O–H groups in total. The highest BCUT2D eigenvalue weighted by atomic mass is 32.2. The zero-order valence-corrected chi connectivity index (χ0v) is 19.1. The fourth-order valence-corrected chi connectivity index (χ4v) is 6.50. The van der Waals surface area contributed by atoms with E-state index in [1.807, 2.05) is 18.2 Å². The van der Waals surface area contributed by atoms with Crippen LogP contribution in [0.5, 0.6) is 0 Å². The highest BCUT2D eigenvalue weighted by Crippen LogP contribution is 2.27. The molecule has 1 unspecified atom stereocenters. The number of amides is 1. The quantitative estimate of drug-likeness (QED) is 0.514. The molecule has 1 aliphatic heterocycles. The van der Waals surface area contributed by atoms with Crippen molar-refractivity contribution < 1.29 is 13.2 Å². The predicted molar refractivity (Wildman–Crippen MR) is 121 cm³/mol. The van der Waals surface area contributed by atoms with Crippen molar-refractivity contribution in [3.63, 3.8) is 0 Å². The molecule has 8 heteroatoms. The summed E-state index contributed by atoms with van der Waals surface area (Å²) in [5, 5.41) is 6.34. The number of nitrogens with zero attached hydrogens (tertiary/aromatic N) is 1. The molecule has 1 atom stereocenters. The van der Waals surface area contributed by atoms with Crippen molar-refractivity contribution in [2.75, 3.05) is 19.6 Å². The molecule has 1 fully saturated rings. The van der Waals surface area contributed by atoms with Gasteiger partial charge in [-0.15, -0.1) is 11.3 Å². The van der Waals surface area contributed by atoms with Crippen molar-refractivity contribution in [1.82, 2.24) is 14.9 Å². The Hall–Kier alpha value is -1.74. The Morgan fingerprint density at radius 1 is 1.13 bits per heavy atom. The highest BCUT2D eigenvalue weighted by Gasteiger charge is 2.33. The van der Waals surface area contributed by atoms with Crippen LogP contribution < -0.4 is 10.6 Å². The van der Waals surface area contributed by atoms with Crippen LogP contribution in [0.2, 0.25) is 0 Å². The van der Waals surface area contributed by atoms with Crippen molar-refractivity contribution in [2.45, 2.75) is 55.8 Å². The second-order valence-electron chi connectivity index (χ2n) is 7.63. The van der Waals surface area contributed by atoms with Crippen LogP contribution in [0.15, 0.2) is 46.7 Å². The van der Waals surface area contributed by atoms with E-state index in [4.69, 9.17) is 0 Å². The number of benzene rings is 1. The van der Waals surface area contributed by atoms with Crippen molar-refractivity contribution in [3.8, 4) is 0 Å². The van der Waals surface area contributed by atoms with E-state index < -0.39 is 10.0 Å². The second-order valence-corrected chi connectivity index (χ2v) is 11.0. The minimum atomic E-state index is -3.48. The van der Waals surface area contributed by atoms with Gasteiger partial charge in [-0.25, -0.2) is 8.42 Å². The number of rotatable bonds is 11. The second kappa shape index (κ2) is 11.0. The lowest BCUT2D eigenvalue weighted by Crippen LogP contribution is -2.35. The van der Waals surface area contributed by atoms with E-state index in [0.717, 1.165) is 24.3 Å². The first-order chi connectivity index (χ1) is 14.5. The summed E-state index contributed by atoms with van der Waals surface area (Å²) in [4.78, 5) is 13.0. The largest absolute Gasteiger partial charge is 0.347 e. The molecule has 30 heavy (non-hydrogen) atoms. The predicted octanol–water partition coefficient (Wildman–Crippen LogP) is 3.61. The molecule has 0 bridgehead atoms. The summed E-state index contributed by atoms with van der Waals surface area (Å²) in [7, 11) is -3.48. The average Bonchev–Trinajstić information content (AvgIpc) is 3.43. The van der Waals surface area contributed by atoms with Crippen molar-refractivity contribution in [3.05, 3.63) is 52.9 Å². The summed E-state index contributed by atoms with van der Waals surface area (Å²) in [5.41, 5.74) is 0.590. The molecule has 1 aromatic heterocycles. The van der Waals surface area contributed by atoms with Gasteiger partial charge in [0, 0.05) is 29.6 Å². The molecule has 0 saturated carbocycles. The molecule has 6 nitrogen and oxygen atoms in total. The van der Waals surface area contributed by atoms with Gasteiger partial charge in [0.25, 0.3) is 15.9 Å². The Labute approximate surface area is 183 Å². The third-order valence-corrected chi connectivity index (χ3v) is 8.72. The maximum atomic E-state index is 13.0. The Morgan fingerprint density at radius 3 is 2.70 bits per heavy atom. The van der Waals surface area contributed by atoms with Gasteiger partial charge in [-0.05, 0) is 43.7 Å². The van der Waals surface area contributed by atoms with Crippen LogP contribution in [0.3, 0.4) is 0 Å². The van der Waals surface area contributed by atoms with Crippen LogP contribution in [0.4, 0.5) is 0 Å². The molecule has 1 saturated heterocycles. The summed E-state index contributed by atoms with van der Waals surface area (Å²) in [6.45, 7) is 4.53. The molecule has 3 rings (SSSR count). The van der Waals surface area contributed by atoms with Gasteiger partial charge >= 0.3 is 0 Å². The number of carbonyl (C=O) groups excluding carboxylic acids is 1. The van der Waals surface area contributed by atoms with E-state index in [-0.39, 0.29) is 11.9 Å². The number of nitrogens with one attached hydrogen (secondary N) is 2. The Kier molecular flexibility index (Phi) is 8.44. The first-order valence-corrected chi connectivity index (χ1v) is 12.9. The van der Waals surface area contributed by atoms with Gasteiger partial charge < -0.3 is 10.6 Å². The van der Waals surface area contributed by atoms with Gasteiger partial charge in [0.1, 0.15) is 4.21 Å². The molecule has 1 aliphatic rings. The lowest BCUT2D eigenvalue weighted by molar-refractivity contribution is 0.0951. The van der Waals surface area contributed by atoms with Gasteiger partial charge in [-0.1, -0.05) is 44.4 Å². The fourth-order valence-electron chi connectivity index (χ4n) is 3.55. The zero-order valence-electron chi connectivity index (χ0n) is 17.5. The fraction of sp³-hybridized carbons (Fsp3) is 0.500. The zero-order chi connectivity index (χ0) is 21.4. The van der Waals surface area contributed by atoms with Crippen LogP contribution >= 0.6 is 11.3 Å². The van der Waals surface area contributed by atoms with E-state index in [0.29, 0.717) is 29.4 Å². The lowest BCUT2D eigenvalue weighted by atomic mass is 10.2. The van der Waals surface area contributed by atoms with Gasteiger partial charge in [-0.3, -0.25) is 4.79 Å². The van der Waals surface area contributed by atoms with E-state index in [9.17, 15) is 13.2 Å². The Bertz CT molecular complexity index is 913. The molecular weight excluding hydrogens is 418 g/mol. The van der Waals surface area contributed by atoms with E-state index in [2.05, 4.69) is 17.6 Å². The van der Waals surface area contributed by atoms with Crippen LogP contribution in [-0.4, -0.2) is 44.3 Å². The van der Waals surface area contributed by atoms with Gasteiger partial charge in [0.05, 0.1) is 6.54 Å². The summed E-state index contributed by atoms with van der Waals surface area (Å²) < 4.78 is 27.9. The van der Waals surface area contributed by atoms with E-state index in [1.54, 1.807) is 28.6 Å². The third kappa shape index (κ3) is 6.14. The van der Waals surface area contributed by atoms with E-state index in [1.165, 1.54) is 30.6 Å². The van der Waals surface area contributed by atoms with Gasteiger partial charge in [0.2, 0.25) is 0 Å². The molecular formula is C22H31N3O3S2. The van der Waals surface area contributed by atoms with Crippen LogP contribution in [-0.2, 0) is 16.6 Å². The highest BCUT2D eigenvalue weighted by molar-refractivity contribution is 7.91. The van der Waals surface area contributed by atoms with Gasteiger partial charge in [0.15, 0.2) is 0 Å². The average molecular weight is 450 g/mol. The molecule has 164 valence electrons. The molecule has 1 amide bonds. The number of hydrogen-bond donors (Lipinski definition) is 2. The molecule has 0 aliphatic carbocycles. The first kappa shape index (κ1) is 22.9. The third-order valence-electron chi connectivity index (χ3n) is 5.30. The first-order valence-electron chi connectivity index (χ1n) is 10.7. The SMILES string of the molecule is CCCCCCNC1CCN(S(=O)(=O)c2ccc(CNC(=O)c3ccccc3)s2)C1. The topological polar surface area (TPSA) is 78.5 Å². The summed E-state index contributed by atoms with van der Waals surface area (Å²) >= 11 is 1.23. The number of sulfonamides is 1. The van der Waals surface area contributed by atoms with Crippen molar-refractivity contribution in [1.29, 1.82) is 0 Å². The number of thiophene rings is 1. The molecule has 0 radical (unpaired) electrons. The Morgan fingerprint density at radius 2 is 1.93 bits per heavy atom. The molecule has 0 spiro atoms. The normalized spacial score (nSPS) is 17.3. The van der Waals surface area contributed by atoms with Crippen LogP contribution in [0.25, 0.3) is 0 Å². The summed E-state index contributed by atoms with van der Waals surface area (Å²) in [6, 6.07) is 12.6. The summed E-state index contributed by atoms with van der Waals surface area (Å²) in [5.74, 6) is -0.166. The van der Waals surface area contributed by atoms with Crippen molar-refractivity contribution in [2.24, 2.45) is 0 Å². The van der Waals surface area contributed by atoms with Crippen LogP contribution in [0.1, 0.15) is 54.3 Å². The van der Waals surface area contributed by atoms with Gasteiger partial charge in [-0.2, -0.15) is 4.31 Å². The minimum absolute atomic E-state index is 0.166.